The third-order valence-electron chi connectivity index (χ3n) is 3.74. The van der Waals surface area contributed by atoms with E-state index in [1.54, 1.807) is 43.2 Å². The van der Waals surface area contributed by atoms with Gasteiger partial charge in [0.15, 0.2) is 6.61 Å². The zero-order valence-corrected chi connectivity index (χ0v) is 16.7. The molecule has 0 aliphatic rings. The fraction of sp³-hybridized carbons (Fsp3) is 0.200. The van der Waals surface area contributed by atoms with E-state index < -0.39 is 5.97 Å². The smallest absolute Gasteiger partial charge is 0.339 e. The van der Waals surface area contributed by atoms with Crippen LogP contribution in [0.4, 0.5) is 0 Å². The molecule has 3 aromatic rings. The summed E-state index contributed by atoms with van der Waals surface area (Å²) < 4.78 is 17.0. The molecule has 0 saturated heterocycles. The molecule has 148 valence electrons. The Kier molecular flexibility index (Phi) is 7.08. The van der Waals surface area contributed by atoms with E-state index in [1.807, 2.05) is 24.3 Å². The third kappa shape index (κ3) is 5.49. The van der Waals surface area contributed by atoms with Gasteiger partial charge < -0.3 is 14.2 Å². The van der Waals surface area contributed by atoms with Gasteiger partial charge in [-0.15, -0.1) is 5.10 Å². The molecule has 0 amide bonds. The van der Waals surface area contributed by atoms with Gasteiger partial charge in [-0.05, 0) is 52.9 Å². The molecule has 1 heterocycles. The molecule has 0 aliphatic heterocycles. The van der Waals surface area contributed by atoms with Crippen LogP contribution < -0.4 is 9.47 Å². The summed E-state index contributed by atoms with van der Waals surface area (Å²) in [5.74, 6) is 7.09. The summed E-state index contributed by atoms with van der Waals surface area (Å²) in [6.45, 7) is 0.0000233. The second kappa shape index (κ2) is 10.1. The quantitative estimate of drug-likeness (QED) is 0.334. The number of tetrazole rings is 1. The Morgan fingerprint density at radius 2 is 1.86 bits per heavy atom. The lowest BCUT2D eigenvalue weighted by atomic mass is 10.2. The maximum atomic E-state index is 12.0. The first-order valence-corrected chi connectivity index (χ1v) is 9.52. The Morgan fingerprint density at radius 3 is 2.62 bits per heavy atom. The number of hydrogen-bond donors (Lipinski definition) is 0. The van der Waals surface area contributed by atoms with Crippen LogP contribution in [0.1, 0.15) is 10.4 Å². The van der Waals surface area contributed by atoms with Gasteiger partial charge in [0.05, 0.1) is 31.2 Å². The van der Waals surface area contributed by atoms with Crippen LogP contribution in [0.3, 0.4) is 0 Å². The zero-order chi connectivity index (χ0) is 20.5. The van der Waals surface area contributed by atoms with Crippen molar-refractivity contribution in [3.8, 4) is 29.0 Å². The van der Waals surface area contributed by atoms with Gasteiger partial charge in [0.1, 0.15) is 11.5 Å². The monoisotopic (exact) mass is 410 g/mol. The van der Waals surface area contributed by atoms with E-state index in [4.69, 9.17) is 14.2 Å². The van der Waals surface area contributed by atoms with Crippen LogP contribution in [-0.4, -0.2) is 52.8 Å². The van der Waals surface area contributed by atoms with Gasteiger partial charge in [-0.2, -0.15) is 4.68 Å². The molecular formula is C20H18N4O4S. The van der Waals surface area contributed by atoms with Crippen molar-refractivity contribution in [2.45, 2.75) is 5.16 Å². The fourth-order valence-electron chi connectivity index (χ4n) is 2.29. The average Bonchev–Trinajstić information content (AvgIpc) is 3.24. The van der Waals surface area contributed by atoms with E-state index in [9.17, 15) is 4.79 Å². The molecule has 8 nitrogen and oxygen atoms in total. The van der Waals surface area contributed by atoms with Crippen molar-refractivity contribution in [2.75, 3.05) is 26.6 Å². The van der Waals surface area contributed by atoms with Crippen molar-refractivity contribution in [1.29, 1.82) is 0 Å². The van der Waals surface area contributed by atoms with E-state index in [2.05, 4.69) is 27.4 Å². The highest BCUT2D eigenvalue weighted by atomic mass is 32.2. The Labute approximate surface area is 172 Å². The minimum atomic E-state index is -0.450. The summed E-state index contributed by atoms with van der Waals surface area (Å²) in [5, 5.41) is 12.3. The minimum absolute atomic E-state index is 0.0000233. The number of hydrogen-bond acceptors (Lipinski definition) is 8. The normalized spacial score (nSPS) is 10.0. The number of aromatic nitrogens is 4. The second-order valence-electron chi connectivity index (χ2n) is 5.52. The number of carbonyl (C=O) groups excluding carboxylic acids is 1. The first kappa shape index (κ1) is 20.2. The highest BCUT2D eigenvalue weighted by molar-refractivity contribution is 7.99. The lowest BCUT2D eigenvalue weighted by Crippen LogP contribution is -2.05. The number of carbonyl (C=O) groups is 1. The molecule has 0 N–H and O–H groups in total. The van der Waals surface area contributed by atoms with Crippen molar-refractivity contribution in [2.24, 2.45) is 0 Å². The van der Waals surface area contributed by atoms with Crippen LogP contribution in [-0.2, 0) is 4.74 Å². The van der Waals surface area contributed by atoms with Crippen molar-refractivity contribution in [3.05, 3.63) is 54.1 Å². The Hall–Kier alpha value is -3.51. The SMILES string of the molecule is COc1ccc(-n2nnnc2SCC#CCOC(=O)c2cccc(OC)c2)cc1. The Balaban J connectivity index is 1.49. The van der Waals surface area contributed by atoms with Gasteiger partial charge >= 0.3 is 5.97 Å². The largest absolute Gasteiger partial charge is 0.497 e. The molecule has 9 heteroatoms. The number of benzene rings is 2. The summed E-state index contributed by atoms with van der Waals surface area (Å²) in [6.07, 6.45) is 0. The third-order valence-corrected chi connectivity index (χ3v) is 4.54. The van der Waals surface area contributed by atoms with Crippen molar-refractivity contribution >= 4 is 17.7 Å². The molecular weight excluding hydrogens is 392 g/mol. The zero-order valence-electron chi connectivity index (χ0n) is 15.9. The number of ether oxygens (including phenoxy) is 3. The van der Waals surface area contributed by atoms with Crippen LogP contribution in [0.15, 0.2) is 53.7 Å². The highest BCUT2D eigenvalue weighted by Gasteiger charge is 2.09. The number of rotatable bonds is 7. The maximum Gasteiger partial charge on any atom is 0.339 e. The van der Waals surface area contributed by atoms with E-state index >= 15 is 0 Å². The summed E-state index contributed by atoms with van der Waals surface area (Å²) in [7, 11) is 3.15. The summed E-state index contributed by atoms with van der Waals surface area (Å²) in [4.78, 5) is 12.0. The first-order valence-electron chi connectivity index (χ1n) is 8.54. The lowest BCUT2D eigenvalue weighted by molar-refractivity contribution is 0.0556. The van der Waals surface area contributed by atoms with Gasteiger partial charge in [-0.3, -0.25) is 0 Å². The summed E-state index contributed by atoms with van der Waals surface area (Å²) >= 11 is 1.38. The van der Waals surface area contributed by atoms with Crippen molar-refractivity contribution in [3.63, 3.8) is 0 Å². The van der Waals surface area contributed by atoms with Gasteiger partial charge in [0, 0.05) is 0 Å². The minimum Gasteiger partial charge on any atom is -0.497 e. The molecule has 0 saturated carbocycles. The van der Waals surface area contributed by atoms with E-state index in [1.165, 1.54) is 11.8 Å². The molecule has 29 heavy (non-hydrogen) atoms. The number of methoxy groups -OCH3 is 2. The van der Waals surface area contributed by atoms with E-state index in [0.717, 1.165) is 11.4 Å². The molecule has 2 aromatic carbocycles. The summed E-state index contributed by atoms with van der Waals surface area (Å²) in [5.41, 5.74) is 1.23. The van der Waals surface area contributed by atoms with Crippen LogP contribution in [0.5, 0.6) is 11.5 Å². The second-order valence-corrected chi connectivity index (χ2v) is 6.46. The van der Waals surface area contributed by atoms with Gasteiger partial charge in [0.25, 0.3) is 0 Å². The molecule has 0 fully saturated rings. The van der Waals surface area contributed by atoms with Crippen molar-refractivity contribution < 1.29 is 19.0 Å². The molecule has 0 bridgehead atoms. The molecule has 0 spiro atoms. The van der Waals surface area contributed by atoms with Gasteiger partial charge in [-0.1, -0.05) is 29.7 Å². The average molecular weight is 410 g/mol. The molecule has 0 aliphatic carbocycles. The van der Waals surface area contributed by atoms with E-state index in [-0.39, 0.29) is 6.61 Å². The van der Waals surface area contributed by atoms with Gasteiger partial charge in [0.2, 0.25) is 5.16 Å². The van der Waals surface area contributed by atoms with Crippen LogP contribution >= 0.6 is 11.8 Å². The maximum absolute atomic E-state index is 12.0. The number of esters is 1. The van der Waals surface area contributed by atoms with Gasteiger partial charge in [-0.25, -0.2) is 4.79 Å². The highest BCUT2D eigenvalue weighted by Crippen LogP contribution is 2.20. The van der Waals surface area contributed by atoms with Crippen LogP contribution in [0, 0.1) is 11.8 Å². The molecule has 0 radical (unpaired) electrons. The topological polar surface area (TPSA) is 88.4 Å². The van der Waals surface area contributed by atoms with Crippen LogP contribution in [0.2, 0.25) is 0 Å². The molecule has 0 atom stereocenters. The van der Waals surface area contributed by atoms with Crippen LogP contribution in [0.25, 0.3) is 5.69 Å². The Bertz CT molecular complexity index is 1020. The van der Waals surface area contributed by atoms with E-state index in [0.29, 0.717) is 22.2 Å². The lowest BCUT2D eigenvalue weighted by Gasteiger charge is -2.04. The predicted molar refractivity (Wildman–Crippen MR) is 107 cm³/mol. The fourth-order valence-corrected chi connectivity index (χ4v) is 2.95. The van der Waals surface area contributed by atoms with Crippen molar-refractivity contribution in [1.82, 2.24) is 20.2 Å². The number of nitrogens with zero attached hydrogens (tertiary/aromatic N) is 4. The first-order chi connectivity index (χ1) is 14.2. The molecule has 3 rings (SSSR count). The molecule has 0 unspecified atom stereocenters. The number of thioether (sulfide) groups is 1. The standard InChI is InChI=1S/C20H18N4O4S/c1-26-17-10-8-16(9-11-17)24-20(21-22-23-24)29-13-4-3-12-28-19(25)15-6-5-7-18(14-15)27-2/h5-11,14H,12-13H2,1-2H3. The summed E-state index contributed by atoms with van der Waals surface area (Å²) in [6, 6.07) is 14.2. The molecule has 1 aromatic heterocycles. The predicted octanol–water partition coefficient (Wildman–Crippen LogP) is 2.63. The Morgan fingerprint density at radius 1 is 1.07 bits per heavy atom.